The topological polar surface area (TPSA) is 61.4 Å². The van der Waals surface area contributed by atoms with Crippen LogP contribution in [-0.2, 0) is 6.54 Å². The van der Waals surface area contributed by atoms with Crippen molar-refractivity contribution in [1.82, 2.24) is 30.0 Å². The minimum atomic E-state index is 0.618. The van der Waals surface area contributed by atoms with Gasteiger partial charge in [-0.25, -0.2) is 9.36 Å². The predicted octanol–water partition coefficient (Wildman–Crippen LogP) is 4.24. The van der Waals surface area contributed by atoms with E-state index >= 15 is 0 Å². The molecule has 0 saturated carbocycles. The minimum absolute atomic E-state index is 0.618. The van der Waals surface area contributed by atoms with Crippen molar-refractivity contribution in [1.29, 1.82) is 0 Å². The second-order valence-electron chi connectivity index (χ2n) is 6.71. The van der Waals surface area contributed by atoms with E-state index in [1.165, 1.54) is 0 Å². The number of benzene rings is 3. The van der Waals surface area contributed by atoms with E-state index in [-0.39, 0.29) is 0 Å². The molecule has 0 N–H and O–H groups in total. The molecule has 0 aliphatic carbocycles. The molecule has 0 fully saturated rings. The van der Waals surface area contributed by atoms with Gasteiger partial charge in [-0.15, -0.1) is 10.2 Å². The Morgan fingerprint density at radius 2 is 1.28 bits per heavy atom. The van der Waals surface area contributed by atoms with Gasteiger partial charge in [0.1, 0.15) is 0 Å². The van der Waals surface area contributed by atoms with Crippen LogP contribution in [0.1, 0.15) is 5.56 Å². The second-order valence-corrected chi connectivity index (χ2v) is 6.71. The Morgan fingerprint density at radius 3 is 2.03 bits per heavy atom. The van der Waals surface area contributed by atoms with Crippen molar-refractivity contribution in [2.45, 2.75) is 6.54 Å². The molecule has 3 aromatic carbocycles. The van der Waals surface area contributed by atoms with Crippen molar-refractivity contribution in [2.75, 3.05) is 0 Å². The smallest absolute Gasteiger partial charge is 0.0944 e. The summed E-state index contributed by atoms with van der Waals surface area (Å²) in [5, 5.41) is 16.8. The number of hydrogen-bond acceptors (Lipinski definition) is 4. The van der Waals surface area contributed by atoms with Crippen LogP contribution in [0, 0.1) is 0 Å². The largest absolute Gasteiger partial charge is 0.240 e. The first-order chi connectivity index (χ1) is 14.4. The molecule has 0 radical (unpaired) electrons. The standard InChI is InChI=1S/C23H18N6/c1-3-9-19(10-4-1)22-15-24-26-28(22)17-18-8-7-13-21(14-18)29-23(16-25-27-29)20-11-5-2-6-12-20/h1-16H,17H2. The lowest BCUT2D eigenvalue weighted by Gasteiger charge is -2.10. The highest BCUT2D eigenvalue weighted by Gasteiger charge is 2.11. The van der Waals surface area contributed by atoms with Gasteiger partial charge in [-0.05, 0) is 17.7 Å². The quantitative estimate of drug-likeness (QED) is 0.459. The number of hydrogen-bond donors (Lipinski definition) is 0. The van der Waals surface area contributed by atoms with Crippen molar-refractivity contribution >= 4 is 0 Å². The van der Waals surface area contributed by atoms with E-state index < -0.39 is 0 Å². The molecule has 2 aromatic heterocycles. The molecule has 29 heavy (non-hydrogen) atoms. The van der Waals surface area contributed by atoms with Crippen LogP contribution in [0.2, 0.25) is 0 Å². The third-order valence-corrected chi connectivity index (χ3v) is 4.79. The molecule has 2 heterocycles. The van der Waals surface area contributed by atoms with E-state index in [4.69, 9.17) is 0 Å². The zero-order chi connectivity index (χ0) is 19.5. The fraction of sp³-hybridized carbons (Fsp3) is 0.0435. The Hall–Kier alpha value is -4.06. The summed E-state index contributed by atoms with van der Waals surface area (Å²) in [5.74, 6) is 0. The normalized spacial score (nSPS) is 10.9. The first kappa shape index (κ1) is 17.1. The lowest BCUT2D eigenvalue weighted by atomic mass is 10.1. The molecule has 0 aliphatic rings. The maximum Gasteiger partial charge on any atom is 0.0944 e. The van der Waals surface area contributed by atoms with Crippen molar-refractivity contribution < 1.29 is 0 Å². The zero-order valence-electron chi connectivity index (χ0n) is 15.6. The van der Waals surface area contributed by atoms with E-state index in [1.54, 1.807) is 12.4 Å². The van der Waals surface area contributed by atoms with Crippen LogP contribution in [0.4, 0.5) is 0 Å². The van der Waals surface area contributed by atoms with E-state index in [0.29, 0.717) is 6.54 Å². The van der Waals surface area contributed by atoms with Crippen molar-refractivity contribution in [3.05, 3.63) is 103 Å². The van der Waals surface area contributed by atoms with Crippen LogP contribution in [0.3, 0.4) is 0 Å². The van der Waals surface area contributed by atoms with Crippen molar-refractivity contribution in [2.24, 2.45) is 0 Å². The van der Waals surface area contributed by atoms with E-state index in [9.17, 15) is 0 Å². The first-order valence-corrected chi connectivity index (χ1v) is 9.38. The zero-order valence-corrected chi connectivity index (χ0v) is 15.6. The molecule has 0 atom stereocenters. The Balaban J connectivity index is 1.47. The van der Waals surface area contributed by atoms with E-state index in [2.05, 4.69) is 57.0 Å². The maximum absolute atomic E-state index is 4.30. The predicted molar refractivity (Wildman–Crippen MR) is 111 cm³/mol. The summed E-state index contributed by atoms with van der Waals surface area (Å²) in [5.41, 5.74) is 6.18. The summed E-state index contributed by atoms with van der Waals surface area (Å²) in [6.07, 6.45) is 3.58. The lowest BCUT2D eigenvalue weighted by molar-refractivity contribution is 0.655. The fourth-order valence-electron chi connectivity index (χ4n) is 3.40. The molecule has 0 aliphatic heterocycles. The van der Waals surface area contributed by atoms with Gasteiger partial charge >= 0.3 is 0 Å². The molecular weight excluding hydrogens is 360 g/mol. The van der Waals surface area contributed by atoms with Crippen molar-refractivity contribution in [3.63, 3.8) is 0 Å². The Labute approximate surface area is 168 Å². The molecule has 0 spiro atoms. The molecule has 140 valence electrons. The van der Waals surface area contributed by atoms with Gasteiger partial charge in [0.25, 0.3) is 0 Å². The van der Waals surface area contributed by atoms with Gasteiger partial charge in [-0.3, -0.25) is 0 Å². The summed E-state index contributed by atoms with van der Waals surface area (Å²) >= 11 is 0. The third kappa shape index (κ3) is 3.43. The molecule has 6 heteroatoms. The van der Waals surface area contributed by atoms with Gasteiger partial charge in [0.15, 0.2) is 0 Å². The Bertz CT molecular complexity index is 1220. The second kappa shape index (κ2) is 7.52. The summed E-state index contributed by atoms with van der Waals surface area (Å²) < 4.78 is 3.77. The highest BCUT2D eigenvalue weighted by Crippen LogP contribution is 2.23. The molecule has 0 amide bonds. The van der Waals surface area contributed by atoms with Crippen LogP contribution < -0.4 is 0 Å². The van der Waals surface area contributed by atoms with Gasteiger partial charge in [0.05, 0.1) is 36.0 Å². The summed E-state index contributed by atoms with van der Waals surface area (Å²) in [6, 6.07) is 28.6. The van der Waals surface area contributed by atoms with Gasteiger partial charge in [-0.2, -0.15) is 0 Å². The molecule has 0 bridgehead atoms. The number of aromatic nitrogens is 6. The van der Waals surface area contributed by atoms with Crippen LogP contribution in [0.15, 0.2) is 97.3 Å². The Kier molecular flexibility index (Phi) is 4.42. The minimum Gasteiger partial charge on any atom is -0.240 e. The van der Waals surface area contributed by atoms with Gasteiger partial charge < -0.3 is 0 Å². The average molecular weight is 378 g/mol. The van der Waals surface area contributed by atoms with E-state index in [1.807, 2.05) is 57.9 Å². The molecule has 5 rings (SSSR count). The molecule has 6 nitrogen and oxygen atoms in total. The Morgan fingerprint density at radius 1 is 0.621 bits per heavy atom. The molecular formula is C23H18N6. The number of nitrogens with zero attached hydrogens (tertiary/aromatic N) is 6. The summed E-state index contributed by atoms with van der Waals surface area (Å²) in [4.78, 5) is 0. The average Bonchev–Trinajstić information content (AvgIpc) is 3.45. The monoisotopic (exact) mass is 378 g/mol. The highest BCUT2D eigenvalue weighted by atomic mass is 15.4. The van der Waals surface area contributed by atoms with Gasteiger partial charge in [0, 0.05) is 11.1 Å². The fourth-order valence-corrected chi connectivity index (χ4v) is 3.40. The van der Waals surface area contributed by atoms with Crippen LogP contribution in [0.5, 0.6) is 0 Å². The molecule has 5 aromatic rings. The highest BCUT2D eigenvalue weighted by molar-refractivity contribution is 5.61. The summed E-state index contributed by atoms with van der Waals surface area (Å²) in [7, 11) is 0. The van der Waals surface area contributed by atoms with Crippen LogP contribution >= 0.6 is 0 Å². The maximum atomic E-state index is 4.30. The SMILES string of the molecule is c1ccc(-c2cnnn2Cc2cccc(-n3nncc3-c3ccccc3)c2)cc1. The van der Waals surface area contributed by atoms with Gasteiger partial charge in [-0.1, -0.05) is 83.2 Å². The van der Waals surface area contributed by atoms with Crippen LogP contribution in [0.25, 0.3) is 28.2 Å². The van der Waals surface area contributed by atoms with Gasteiger partial charge in [0.2, 0.25) is 0 Å². The molecule has 0 unspecified atom stereocenters. The molecule has 0 saturated heterocycles. The third-order valence-electron chi connectivity index (χ3n) is 4.79. The number of rotatable bonds is 5. The summed E-state index contributed by atoms with van der Waals surface area (Å²) in [6.45, 7) is 0.618. The lowest BCUT2D eigenvalue weighted by Crippen LogP contribution is -2.06. The van der Waals surface area contributed by atoms with Crippen molar-refractivity contribution in [3.8, 4) is 28.2 Å². The van der Waals surface area contributed by atoms with E-state index in [0.717, 1.165) is 33.8 Å². The van der Waals surface area contributed by atoms with Crippen LogP contribution in [-0.4, -0.2) is 30.0 Å². The first-order valence-electron chi connectivity index (χ1n) is 9.38.